The molecule has 2 aromatic rings. The Labute approximate surface area is 97.6 Å². The molecule has 0 atom stereocenters. The molecule has 1 N–H and O–H groups in total. The zero-order valence-corrected chi connectivity index (χ0v) is 9.52. The summed E-state index contributed by atoms with van der Waals surface area (Å²) in [5.74, 6) is -0.450. The minimum absolute atomic E-state index is 0.0714. The maximum atomic E-state index is 11.1. The number of hydrogen-bond donors (Lipinski definition) is 1. The van der Waals surface area contributed by atoms with Crippen molar-refractivity contribution >= 4 is 12.2 Å². The summed E-state index contributed by atoms with van der Waals surface area (Å²) in [5.41, 5.74) is 1.25. The molecule has 0 spiro atoms. The van der Waals surface area contributed by atoms with E-state index in [1.807, 2.05) is 26.0 Å². The minimum atomic E-state index is -0.813. The van der Waals surface area contributed by atoms with Crippen LogP contribution in [0, 0.1) is 13.8 Å². The van der Waals surface area contributed by atoms with Crippen LogP contribution in [0.4, 0.5) is 0 Å². The lowest BCUT2D eigenvalue weighted by Crippen LogP contribution is -2.32. The Morgan fingerprint density at radius 1 is 1.06 bits per heavy atom. The molecule has 1 aromatic carbocycles. The van der Waals surface area contributed by atoms with E-state index in [0.717, 1.165) is 17.0 Å². The average Bonchev–Trinajstić information content (AvgIpc) is 2.27. The number of nitrogens with zero attached hydrogens (tertiary/aromatic N) is 1. The van der Waals surface area contributed by atoms with Gasteiger partial charge in [-0.25, -0.2) is 0 Å². The first kappa shape index (κ1) is 11.3. The van der Waals surface area contributed by atoms with E-state index in [-0.39, 0.29) is 5.56 Å². The second kappa shape index (κ2) is 3.97. The third-order valence-electron chi connectivity index (χ3n) is 2.47. The molecular weight excluding hydrogens is 218 g/mol. The van der Waals surface area contributed by atoms with Crippen LogP contribution >= 0.6 is 0 Å². The molecule has 0 unspecified atom stereocenters. The van der Waals surface area contributed by atoms with Gasteiger partial charge in [0.25, 0.3) is 5.43 Å². The third-order valence-corrected chi connectivity index (χ3v) is 2.47. The highest BCUT2D eigenvalue weighted by atomic mass is 16.3. The van der Waals surface area contributed by atoms with Crippen molar-refractivity contribution in [3.63, 3.8) is 0 Å². The van der Waals surface area contributed by atoms with E-state index >= 15 is 0 Å². The summed E-state index contributed by atoms with van der Waals surface area (Å²) in [6, 6.07) is 3.71. The van der Waals surface area contributed by atoms with Gasteiger partial charge in [0.15, 0.2) is 5.75 Å². The Bertz CT molecular complexity index is 656. The molecule has 0 aliphatic carbocycles. The zero-order chi connectivity index (χ0) is 12.6. The molecule has 4 heteroatoms. The molecule has 86 valence electrons. The lowest BCUT2D eigenvalue weighted by atomic mass is 10.1. The van der Waals surface area contributed by atoms with E-state index in [4.69, 9.17) is 0 Å². The standard InChI is InChI=1S/C13H11NO3/c1-7-5-9(6-8(2)14-7)3-4-10-11(15)13(17)12(10)16/h3-6,15H,1-2H3/b4-3+. The quantitative estimate of drug-likeness (QED) is 0.785. The first-order chi connectivity index (χ1) is 7.99. The number of aryl methyl sites for hydroxylation is 2. The van der Waals surface area contributed by atoms with Crippen molar-refractivity contribution < 1.29 is 5.11 Å². The number of aromatic nitrogens is 1. The molecule has 0 fully saturated rings. The van der Waals surface area contributed by atoms with Crippen LogP contribution < -0.4 is 10.9 Å². The molecule has 17 heavy (non-hydrogen) atoms. The van der Waals surface area contributed by atoms with Crippen LogP contribution in [-0.2, 0) is 0 Å². The van der Waals surface area contributed by atoms with Crippen LogP contribution in [0.3, 0.4) is 0 Å². The van der Waals surface area contributed by atoms with Crippen molar-refractivity contribution in [2.45, 2.75) is 13.8 Å². The van der Waals surface area contributed by atoms with Crippen LogP contribution in [0.25, 0.3) is 12.2 Å². The molecule has 2 rings (SSSR count). The Balaban J connectivity index is 2.33. The summed E-state index contributed by atoms with van der Waals surface area (Å²) in [5, 5.41) is 9.18. The van der Waals surface area contributed by atoms with Crippen LogP contribution in [0.2, 0.25) is 0 Å². The van der Waals surface area contributed by atoms with Crippen molar-refractivity contribution in [1.82, 2.24) is 4.98 Å². The monoisotopic (exact) mass is 229 g/mol. The normalized spacial score (nSPS) is 11.4. The van der Waals surface area contributed by atoms with E-state index in [1.54, 1.807) is 6.08 Å². The maximum Gasteiger partial charge on any atom is 0.268 e. The number of aromatic hydroxyl groups is 1. The van der Waals surface area contributed by atoms with Gasteiger partial charge in [0.2, 0.25) is 5.43 Å². The third kappa shape index (κ3) is 2.01. The van der Waals surface area contributed by atoms with Crippen molar-refractivity contribution in [1.29, 1.82) is 0 Å². The van der Waals surface area contributed by atoms with Gasteiger partial charge >= 0.3 is 0 Å². The fraction of sp³-hybridized carbons (Fsp3) is 0.154. The van der Waals surface area contributed by atoms with Crippen LogP contribution in [0.5, 0.6) is 5.75 Å². The van der Waals surface area contributed by atoms with Gasteiger partial charge in [0, 0.05) is 11.4 Å². The molecular formula is C13H11NO3. The molecule has 0 aliphatic heterocycles. The van der Waals surface area contributed by atoms with Crippen LogP contribution in [0.1, 0.15) is 22.5 Å². The van der Waals surface area contributed by atoms with Crippen LogP contribution in [-0.4, -0.2) is 10.1 Å². The molecule has 0 saturated heterocycles. The lowest BCUT2D eigenvalue weighted by Gasteiger charge is -2.01. The lowest BCUT2D eigenvalue weighted by molar-refractivity contribution is 0.461. The highest BCUT2D eigenvalue weighted by Gasteiger charge is 2.16. The van der Waals surface area contributed by atoms with Gasteiger partial charge in [-0.3, -0.25) is 14.6 Å². The van der Waals surface area contributed by atoms with Gasteiger partial charge in [0.05, 0.1) is 5.56 Å². The zero-order valence-electron chi connectivity index (χ0n) is 9.52. The van der Waals surface area contributed by atoms with Gasteiger partial charge in [-0.15, -0.1) is 0 Å². The van der Waals surface area contributed by atoms with Gasteiger partial charge in [-0.2, -0.15) is 0 Å². The predicted molar refractivity (Wildman–Crippen MR) is 65.7 cm³/mol. The van der Waals surface area contributed by atoms with E-state index in [9.17, 15) is 14.7 Å². The molecule has 1 heterocycles. The molecule has 0 amide bonds. The summed E-state index contributed by atoms with van der Waals surface area (Å²) in [7, 11) is 0. The van der Waals surface area contributed by atoms with Crippen molar-refractivity contribution in [2.24, 2.45) is 0 Å². The highest BCUT2D eigenvalue weighted by molar-refractivity contribution is 5.74. The van der Waals surface area contributed by atoms with Crippen molar-refractivity contribution in [3.8, 4) is 5.75 Å². The fourth-order valence-corrected chi connectivity index (χ4v) is 1.69. The number of pyridine rings is 1. The summed E-state index contributed by atoms with van der Waals surface area (Å²) < 4.78 is 0. The summed E-state index contributed by atoms with van der Waals surface area (Å²) in [6.07, 6.45) is 3.13. The van der Waals surface area contributed by atoms with E-state index < -0.39 is 16.6 Å². The molecule has 0 bridgehead atoms. The Morgan fingerprint density at radius 3 is 2.18 bits per heavy atom. The molecule has 0 aliphatic rings. The Morgan fingerprint density at radius 2 is 1.65 bits per heavy atom. The first-order valence-corrected chi connectivity index (χ1v) is 5.14. The smallest absolute Gasteiger partial charge is 0.268 e. The molecule has 0 radical (unpaired) electrons. The first-order valence-electron chi connectivity index (χ1n) is 5.14. The van der Waals surface area contributed by atoms with Crippen molar-refractivity contribution in [2.75, 3.05) is 0 Å². The van der Waals surface area contributed by atoms with E-state index in [1.165, 1.54) is 6.08 Å². The van der Waals surface area contributed by atoms with E-state index in [2.05, 4.69) is 4.98 Å². The van der Waals surface area contributed by atoms with Gasteiger partial charge in [0.1, 0.15) is 0 Å². The predicted octanol–water partition coefficient (Wildman–Crippen LogP) is 1.17. The summed E-state index contributed by atoms with van der Waals surface area (Å²) in [4.78, 5) is 26.1. The largest absolute Gasteiger partial charge is 0.504 e. The Kier molecular flexibility index (Phi) is 2.63. The molecule has 0 saturated carbocycles. The topological polar surface area (TPSA) is 67.3 Å². The van der Waals surface area contributed by atoms with Gasteiger partial charge < -0.3 is 5.11 Å². The molecule has 4 nitrogen and oxygen atoms in total. The second-order valence-electron chi connectivity index (χ2n) is 3.94. The SMILES string of the molecule is Cc1cc(/C=C/c2c(O)c(=O)c2=O)cc(C)n1. The molecule has 1 aromatic heterocycles. The fourth-order valence-electron chi connectivity index (χ4n) is 1.69. The van der Waals surface area contributed by atoms with Crippen LogP contribution in [0.15, 0.2) is 21.7 Å². The average molecular weight is 229 g/mol. The maximum absolute atomic E-state index is 11.1. The minimum Gasteiger partial charge on any atom is -0.504 e. The Hall–Kier alpha value is -2.23. The summed E-state index contributed by atoms with van der Waals surface area (Å²) >= 11 is 0. The van der Waals surface area contributed by atoms with E-state index in [0.29, 0.717) is 0 Å². The van der Waals surface area contributed by atoms with Gasteiger partial charge in [-0.05, 0) is 37.6 Å². The highest BCUT2D eigenvalue weighted by Crippen LogP contribution is 2.14. The van der Waals surface area contributed by atoms with Gasteiger partial charge in [-0.1, -0.05) is 6.08 Å². The number of hydrogen-bond acceptors (Lipinski definition) is 4. The number of rotatable bonds is 2. The summed E-state index contributed by atoms with van der Waals surface area (Å²) in [6.45, 7) is 3.75. The van der Waals surface area contributed by atoms with Crippen molar-refractivity contribution in [3.05, 3.63) is 55.1 Å². The second-order valence-corrected chi connectivity index (χ2v) is 3.94.